The van der Waals surface area contributed by atoms with Gasteiger partial charge in [-0.05, 0) is 42.8 Å². The molecule has 1 aliphatic rings. The highest BCUT2D eigenvalue weighted by atomic mass is 16.5. The molecule has 0 radical (unpaired) electrons. The topological polar surface area (TPSA) is 63.9 Å². The van der Waals surface area contributed by atoms with Crippen LogP contribution in [0.3, 0.4) is 0 Å². The highest BCUT2D eigenvalue weighted by molar-refractivity contribution is 5.85. The number of fused-ring (bicyclic) bond motifs is 1. The molecule has 2 heterocycles. The minimum atomic E-state index is -0.381. The maximum Gasteiger partial charge on any atom is 0.344 e. The molecule has 0 spiro atoms. The summed E-state index contributed by atoms with van der Waals surface area (Å²) in [6.07, 6.45) is 0. The third kappa shape index (κ3) is 3.55. The fourth-order valence-corrected chi connectivity index (χ4v) is 3.63. The second-order valence-corrected chi connectivity index (χ2v) is 7.07. The summed E-state index contributed by atoms with van der Waals surface area (Å²) in [4.78, 5) is 15.0. The lowest BCUT2D eigenvalue weighted by Crippen LogP contribution is -2.49. The fraction of sp³-hybridized carbons (Fsp3) is 0.318. The van der Waals surface area contributed by atoms with Gasteiger partial charge in [-0.25, -0.2) is 4.79 Å². The summed E-state index contributed by atoms with van der Waals surface area (Å²) in [5.41, 5.74) is 2.46. The number of hydrogen-bond donors (Lipinski definition) is 1. The molecule has 4 rings (SSSR count). The number of hydrogen-bond acceptors (Lipinski definition) is 6. The summed E-state index contributed by atoms with van der Waals surface area (Å²) in [5.74, 6) is 1.24. The van der Waals surface area contributed by atoms with E-state index in [-0.39, 0.29) is 5.63 Å². The quantitative estimate of drug-likeness (QED) is 0.701. The van der Waals surface area contributed by atoms with Gasteiger partial charge in [0.2, 0.25) is 0 Å². The normalized spacial score (nSPS) is 17.0. The van der Waals surface area contributed by atoms with E-state index in [9.17, 15) is 4.79 Å². The van der Waals surface area contributed by atoms with Crippen LogP contribution in [-0.2, 0) is 0 Å². The zero-order valence-electron chi connectivity index (χ0n) is 16.3. The van der Waals surface area contributed by atoms with Crippen LogP contribution in [0.5, 0.6) is 11.5 Å². The van der Waals surface area contributed by atoms with E-state index >= 15 is 0 Å². The van der Waals surface area contributed by atoms with Crippen LogP contribution in [0.15, 0.2) is 51.7 Å². The van der Waals surface area contributed by atoms with Crippen molar-refractivity contribution in [2.45, 2.75) is 13.0 Å². The molecular weight excluding hydrogens is 356 g/mol. The van der Waals surface area contributed by atoms with Gasteiger partial charge >= 0.3 is 5.63 Å². The summed E-state index contributed by atoms with van der Waals surface area (Å²) in [5, 5.41) is 4.31. The number of benzene rings is 2. The van der Waals surface area contributed by atoms with Gasteiger partial charge in [-0.2, -0.15) is 0 Å². The molecule has 28 heavy (non-hydrogen) atoms. The second-order valence-electron chi connectivity index (χ2n) is 7.07. The van der Waals surface area contributed by atoms with Crippen LogP contribution in [0, 0.1) is 0 Å². The van der Waals surface area contributed by atoms with Gasteiger partial charge in [0.15, 0.2) is 0 Å². The van der Waals surface area contributed by atoms with Gasteiger partial charge in [0, 0.05) is 48.9 Å². The SMILES string of the molecule is COc1cc(OC)cc(-c2cc3ccc(N4CCNC(C)C4)cc3oc2=O)c1. The van der Waals surface area contributed by atoms with Gasteiger partial charge in [0.25, 0.3) is 0 Å². The van der Waals surface area contributed by atoms with E-state index in [1.165, 1.54) is 0 Å². The zero-order chi connectivity index (χ0) is 19.7. The molecular formula is C22H24N2O4. The Hall–Kier alpha value is -2.99. The van der Waals surface area contributed by atoms with Gasteiger partial charge < -0.3 is 24.1 Å². The lowest BCUT2D eigenvalue weighted by Gasteiger charge is -2.33. The van der Waals surface area contributed by atoms with E-state index in [2.05, 4.69) is 23.2 Å². The highest BCUT2D eigenvalue weighted by Gasteiger charge is 2.17. The molecule has 1 aliphatic heterocycles. The molecule has 0 amide bonds. The maximum absolute atomic E-state index is 12.7. The molecule has 1 unspecified atom stereocenters. The molecule has 1 aromatic heterocycles. The van der Waals surface area contributed by atoms with Crippen molar-refractivity contribution in [3.05, 3.63) is 52.9 Å². The highest BCUT2D eigenvalue weighted by Crippen LogP contribution is 2.30. The monoisotopic (exact) mass is 380 g/mol. The zero-order valence-corrected chi connectivity index (χ0v) is 16.3. The molecule has 2 aromatic carbocycles. The molecule has 1 atom stereocenters. The smallest absolute Gasteiger partial charge is 0.344 e. The molecule has 1 saturated heterocycles. The van der Waals surface area contributed by atoms with Crippen LogP contribution in [-0.4, -0.2) is 39.9 Å². The Kier molecular flexibility index (Phi) is 4.96. The number of rotatable bonds is 4. The number of ether oxygens (including phenoxy) is 2. The Labute approximate surface area is 163 Å². The summed E-state index contributed by atoms with van der Waals surface area (Å²) >= 11 is 0. The standard InChI is InChI=1S/C22H24N2O4/c1-14-13-24(7-6-23-14)17-5-4-15-10-20(22(25)28-21(15)11-17)16-8-18(26-2)12-19(9-16)27-3/h4-5,8-12,14,23H,6-7,13H2,1-3H3. The van der Waals surface area contributed by atoms with Crippen molar-refractivity contribution < 1.29 is 13.9 Å². The van der Waals surface area contributed by atoms with Crippen LogP contribution < -0.4 is 25.3 Å². The van der Waals surface area contributed by atoms with Gasteiger partial charge in [0.1, 0.15) is 17.1 Å². The first-order valence-corrected chi connectivity index (χ1v) is 9.37. The largest absolute Gasteiger partial charge is 0.497 e. The van der Waals surface area contributed by atoms with Crippen molar-refractivity contribution in [2.24, 2.45) is 0 Å². The lowest BCUT2D eigenvalue weighted by atomic mass is 10.0. The number of methoxy groups -OCH3 is 2. The van der Waals surface area contributed by atoms with Crippen LogP contribution in [0.25, 0.3) is 22.1 Å². The van der Waals surface area contributed by atoms with Gasteiger partial charge in [-0.3, -0.25) is 0 Å². The van der Waals surface area contributed by atoms with Crippen molar-refractivity contribution in [2.75, 3.05) is 38.8 Å². The number of nitrogens with zero attached hydrogens (tertiary/aromatic N) is 1. The first-order chi connectivity index (χ1) is 13.6. The minimum Gasteiger partial charge on any atom is -0.497 e. The molecule has 1 fully saturated rings. The van der Waals surface area contributed by atoms with E-state index in [4.69, 9.17) is 13.9 Å². The molecule has 1 N–H and O–H groups in total. The Morgan fingerprint density at radius 1 is 1.07 bits per heavy atom. The maximum atomic E-state index is 12.7. The molecule has 0 bridgehead atoms. The number of nitrogens with one attached hydrogen (secondary N) is 1. The molecule has 0 aliphatic carbocycles. The Morgan fingerprint density at radius 2 is 1.82 bits per heavy atom. The molecule has 146 valence electrons. The predicted octanol–water partition coefficient (Wildman–Crippen LogP) is 3.28. The Morgan fingerprint density at radius 3 is 2.50 bits per heavy atom. The lowest BCUT2D eigenvalue weighted by molar-refractivity contribution is 0.394. The third-order valence-electron chi connectivity index (χ3n) is 5.12. The molecule has 3 aromatic rings. The summed E-state index contributed by atoms with van der Waals surface area (Å²) < 4.78 is 16.3. The molecule has 6 nitrogen and oxygen atoms in total. The number of anilines is 1. The Bertz CT molecular complexity index is 1040. The third-order valence-corrected chi connectivity index (χ3v) is 5.12. The van der Waals surface area contributed by atoms with Crippen molar-refractivity contribution in [1.29, 1.82) is 0 Å². The summed E-state index contributed by atoms with van der Waals surface area (Å²) in [7, 11) is 3.17. The summed E-state index contributed by atoms with van der Waals surface area (Å²) in [6.45, 7) is 4.97. The second kappa shape index (κ2) is 7.56. The van der Waals surface area contributed by atoms with E-state index < -0.39 is 0 Å². The van der Waals surface area contributed by atoms with E-state index in [0.717, 1.165) is 30.7 Å². The van der Waals surface area contributed by atoms with Crippen LogP contribution in [0.1, 0.15) is 6.92 Å². The van der Waals surface area contributed by atoms with Crippen molar-refractivity contribution in [1.82, 2.24) is 5.32 Å². The first-order valence-electron chi connectivity index (χ1n) is 9.37. The van der Waals surface area contributed by atoms with Gasteiger partial charge in [-0.15, -0.1) is 0 Å². The molecule has 6 heteroatoms. The van der Waals surface area contributed by atoms with Crippen LogP contribution in [0.2, 0.25) is 0 Å². The fourth-order valence-electron chi connectivity index (χ4n) is 3.63. The van der Waals surface area contributed by atoms with Gasteiger partial charge in [-0.1, -0.05) is 0 Å². The van der Waals surface area contributed by atoms with Gasteiger partial charge in [0.05, 0.1) is 19.8 Å². The first kappa shape index (κ1) is 18.4. The van der Waals surface area contributed by atoms with Crippen molar-refractivity contribution >= 4 is 16.7 Å². The predicted molar refractivity (Wildman–Crippen MR) is 111 cm³/mol. The van der Waals surface area contributed by atoms with Crippen LogP contribution in [0.4, 0.5) is 5.69 Å². The van der Waals surface area contributed by atoms with Crippen molar-refractivity contribution in [3.8, 4) is 22.6 Å². The average Bonchev–Trinajstić information content (AvgIpc) is 2.72. The Balaban J connectivity index is 1.75. The number of piperazine rings is 1. The average molecular weight is 380 g/mol. The van der Waals surface area contributed by atoms with Crippen LogP contribution >= 0.6 is 0 Å². The van der Waals surface area contributed by atoms with E-state index in [0.29, 0.717) is 34.3 Å². The molecule has 0 saturated carbocycles. The van der Waals surface area contributed by atoms with Crippen molar-refractivity contribution in [3.63, 3.8) is 0 Å². The summed E-state index contributed by atoms with van der Waals surface area (Å²) in [6, 6.07) is 13.7. The van der Waals surface area contributed by atoms with E-state index in [1.54, 1.807) is 32.4 Å². The minimum absolute atomic E-state index is 0.381. The van der Waals surface area contributed by atoms with E-state index in [1.807, 2.05) is 18.2 Å².